The summed E-state index contributed by atoms with van der Waals surface area (Å²) in [6.45, 7) is 7.14. The number of hydrogen-bond donors (Lipinski definition) is 2. The first-order chi connectivity index (χ1) is 9.95. The standard InChI is InChI=1S/C18H23N3/c1-17(2)12-9-10-18(17,3)15-14(12)20-16(21-15)13(19)11-7-5-4-6-8-11/h4-8,12-13H,9-10,19H2,1-3H3,(H,20,21)/t12?,13-,18?/m0/s1. The Hall–Kier alpha value is -1.61. The zero-order valence-corrected chi connectivity index (χ0v) is 13.0. The molecule has 0 spiro atoms. The first-order valence-corrected chi connectivity index (χ1v) is 7.86. The summed E-state index contributed by atoms with van der Waals surface area (Å²) >= 11 is 0. The summed E-state index contributed by atoms with van der Waals surface area (Å²) in [5.41, 5.74) is 10.6. The van der Waals surface area contributed by atoms with Gasteiger partial charge in [0.2, 0.25) is 0 Å². The van der Waals surface area contributed by atoms with E-state index in [4.69, 9.17) is 10.7 Å². The van der Waals surface area contributed by atoms with Crippen LogP contribution in [-0.4, -0.2) is 9.97 Å². The number of nitrogens with two attached hydrogens (primary N) is 1. The number of fused-ring (bicyclic) bond motifs is 5. The summed E-state index contributed by atoms with van der Waals surface area (Å²) in [6.07, 6.45) is 2.50. The molecule has 21 heavy (non-hydrogen) atoms. The maximum absolute atomic E-state index is 6.41. The highest BCUT2D eigenvalue weighted by molar-refractivity contribution is 5.43. The van der Waals surface area contributed by atoms with Gasteiger partial charge in [-0.1, -0.05) is 51.1 Å². The van der Waals surface area contributed by atoms with Gasteiger partial charge in [0.05, 0.1) is 11.7 Å². The number of hydrogen-bond acceptors (Lipinski definition) is 2. The Bertz CT molecular complexity index is 686. The molecule has 2 aliphatic carbocycles. The fourth-order valence-corrected chi connectivity index (χ4v) is 4.47. The Morgan fingerprint density at radius 1 is 1.24 bits per heavy atom. The zero-order valence-electron chi connectivity index (χ0n) is 13.0. The van der Waals surface area contributed by atoms with Crippen molar-refractivity contribution in [2.45, 2.75) is 51.0 Å². The monoisotopic (exact) mass is 281 g/mol. The molecule has 0 saturated heterocycles. The van der Waals surface area contributed by atoms with Gasteiger partial charge in [0.1, 0.15) is 5.82 Å². The minimum atomic E-state index is -0.164. The molecule has 1 saturated carbocycles. The summed E-state index contributed by atoms with van der Waals surface area (Å²) < 4.78 is 0. The number of benzene rings is 1. The summed E-state index contributed by atoms with van der Waals surface area (Å²) in [6, 6.07) is 10.0. The van der Waals surface area contributed by atoms with Crippen molar-refractivity contribution >= 4 is 0 Å². The predicted molar refractivity (Wildman–Crippen MR) is 84.2 cm³/mol. The van der Waals surface area contributed by atoms with Crippen LogP contribution in [0.25, 0.3) is 0 Å². The molecule has 3 N–H and O–H groups in total. The van der Waals surface area contributed by atoms with Gasteiger partial charge in [-0.25, -0.2) is 4.98 Å². The molecule has 1 aromatic heterocycles. The normalized spacial score (nSPS) is 30.4. The lowest BCUT2D eigenvalue weighted by Gasteiger charge is -2.34. The summed E-state index contributed by atoms with van der Waals surface area (Å²) in [5.74, 6) is 1.52. The van der Waals surface area contributed by atoms with Crippen LogP contribution in [0.4, 0.5) is 0 Å². The van der Waals surface area contributed by atoms with Crippen LogP contribution in [0.15, 0.2) is 30.3 Å². The first kappa shape index (κ1) is 13.1. The van der Waals surface area contributed by atoms with Gasteiger partial charge in [0.25, 0.3) is 0 Å². The van der Waals surface area contributed by atoms with Crippen LogP contribution in [-0.2, 0) is 5.41 Å². The number of nitrogens with zero attached hydrogens (tertiary/aromatic N) is 1. The van der Waals surface area contributed by atoms with Crippen LogP contribution in [0, 0.1) is 5.41 Å². The van der Waals surface area contributed by atoms with E-state index in [1.165, 1.54) is 24.2 Å². The SMILES string of the molecule is CC12CCC(c3[nH]c([C@@H](N)c4ccccc4)nc31)C2(C)C. The third kappa shape index (κ3) is 1.50. The van der Waals surface area contributed by atoms with Gasteiger partial charge in [0, 0.05) is 17.0 Å². The molecular formula is C18H23N3. The smallest absolute Gasteiger partial charge is 0.128 e. The number of H-pyrrole nitrogens is 1. The molecular weight excluding hydrogens is 258 g/mol. The third-order valence-electron chi connectivity index (χ3n) is 6.30. The van der Waals surface area contributed by atoms with Crippen LogP contribution in [0.5, 0.6) is 0 Å². The van der Waals surface area contributed by atoms with E-state index in [1.807, 2.05) is 18.2 Å². The maximum atomic E-state index is 6.41. The maximum Gasteiger partial charge on any atom is 0.128 e. The van der Waals surface area contributed by atoms with Gasteiger partial charge in [-0.2, -0.15) is 0 Å². The zero-order chi connectivity index (χ0) is 14.8. The molecule has 3 atom stereocenters. The first-order valence-electron chi connectivity index (χ1n) is 7.86. The molecule has 2 aromatic rings. The predicted octanol–water partition coefficient (Wildman–Crippen LogP) is 3.63. The van der Waals surface area contributed by atoms with E-state index in [9.17, 15) is 0 Å². The molecule has 2 bridgehead atoms. The second-order valence-corrected chi connectivity index (χ2v) is 7.42. The lowest BCUT2D eigenvalue weighted by atomic mass is 9.70. The summed E-state index contributed by atoms with van der Waals surface area (Å²) in [7, 11) is 0. The van der Waals surface area contributed by atoms with Crippen LogP contribution < -0.4 is 5.73 Å². The molecule has 4 rings (SSSR count). The van der Waals surface area contributed by atoms with Crippen molar-refractivity contribution in [3.05, 3.63) is 53.1 Å². The molecule has 1 heterocycles. The molecule has 0 radical (unpaired) electrons. The van der Waals surface area contributed by atoms with Crippen molar-refractivity contribution in [2.24, 2.45) is 11.1 Å². The molecule has 0 amide bonds. The van der Waals surface area contributed by atoms with E-state index in [0.717, 1.165) is 11.4 Å². The highest BCUT2D eigenvalue weighted by Crippen LogP contribution is 2.67. The molecule has 3 heteroatoms. The Kier molecular flexibility index (Phi) is 2.48. The summed E-state index contributed by atoms with van der Waals surface area (Å²) in [5, 5.41) is 0. The fraction of sp³-hybridized carbons (Fsp3) is 0.500. The van der Waals surface area contributed by atoms with E-state index < -0.39 is 0 Å². The highest BCUT2D eigenvalue weighted by atomic mass is 15.0. The second-order valence-electron chi connectivity index (χ2n) is 7.42. The number of imidazole rings is 1. The largest absolute Gasteiger partial charge is 0.344 e. The molecule has 0 aliphatic heterocycles. The molecule has 3 nitrogen and oxygen atoms in total. The average Bonchev–Trinajstić information content (AvgIpc) is 3.05. The number of rotatable bonds is 2. The summed E-state index contributed by atoms with van der Waals surface area (Å²) in [4.78, 5) is 8.50. The van der Waals surface area contributed by atoms with Gasteiger partial charge in [-0.15, -0.1) is 0 Å². The van der Waals surface area contributed by atoms with Crippen LogP contribution in [0.1, 0.15) is 68.3 Å². The minimum absolute atomic E-state index is 0.164. The van der Waals surface area contributed by atoms with Crippen LogP contribution in [0.3, 0.4) is 0 Å². The number of nitrogens with one attached hydrogen (secondary N) is 1. The van der Waals surface area contributed by atoms with Gasteiger partial charge in [0.15, 0.2) is 0 Å². The van der Waals surface area contributed by atoms with Gasteiger partial charge in [-0.3, -0.25) is 0 Å². The second kappa shape index (κ2) is 3.98. The van der Waals surface area contributed by atoms with Crippen molar-refractivity contribution < 1.29 is 0 Å². The Labute approximate surface area is 126 Å². The number of aromatic nitrogens is 2. The van der Waals surface area contributed by atoms with E-state index in [-0.39, 0.29) is 11.5 Å². The Morgan fingerprint density at radius 2 is 1.95 bits per heavy atom. The van der Waals surface area contributed by atoms with Gasteiger partial charge in [-0.05, 0) is 23.8 Å². The van der Waals surface area contributed by atoms with E-state index in [0.29, 0.717) is 11.3 Å². The van der Waals surface area contributed by atoms with E-state index >= 15 is 0 Å². The quantitative estimate of drug-likeness (QED) is 0.883. The van der Waals surface area contributed by atoms with Crippen LogP contribution in [0.2, 0.25) is 0 Å². The van der Waals surface area contributed by atoms with Gasteiger partial charge < -0.3 is 10.7 Å². The van der Waals surface area contributed by atoms with Gasteiger partial charge >= 0.3 is 0 Å². The Balaban J connectivity index is 1.77. The van der Waals surface area contributed by atoms with Crippen molar-refractivity contribution in [2.75, 3.05) is 0 Å². The van der Waals surface area contributed by atoms with Crippen LogP contribution >= 0.6 is 0 Å². The minimum Gasteiger partial charge on any atom is -0.344 e. The molecule has 2 unspecified atom stereocenters. The lowest BCUT2D eigenvalue weighted by molar-refractivity contribution is 0.225. The van der Waals surface area contributed by atoms with Crippen molar-refractivity contribution in [3.8, 4) is 0 Å². The molecule has 1 fully saturated rings. The molecule has 1 aromatic carbocycles. The van der Waals surface area contributed by atoms with Crippen molar-refractivity contribution in [3.63, 3.8) is 0 Å². The molecule has 2 aliphatic rings. The Morgan fingerprint density at radius 3 is 2.62 bits per heavy atom. The molecule has 110 valence electrons. The van der Waals surface area contributed by atoms with E-state index in [1.54, 1.807) is 0 Å². The van der Waals surface area contributed by atoms with Crippen molar-refractivity contribution in [1.82, 2.24) is 9.97 Å². The topological polar surface area (TPSA) is 54.7 Å². The third-order valence-corrected chi connectivity index (χ3v) is 6.30. The van der Waals surface area contributed by atoms with Crippen molar-refractivity contribution in [1.29, 1.82) is 0 Å². The highest BCUT2D eigenvalue weighted by Gasteiger charge is 2.61. The van der Waals surface area contributed by atoms with E-state index in [2.05, 4.69) is 37.9 Å². The fourth-order valence-electron chi connectivity index (χ4n) is 4.47. The number of aromatic amines is 1. The average molecular weight is 281 g/mol. The lowest BCUT2D eigenvalue weighted by Crippen LogP contribution is -2.32.